The van der Waals surface area contributed by atoms with Gasteiger partial charge in [0, 0.05) is 12.0 Å². The lowest BCUT2D eigenvalue weighted by molar-refractivity contribution is -0.197. The molecule has 0 amide bonds. The molecule has 268 valence electrons. The maximum absolute atomic E-state index is 14.2. The molecule has 4 saturated carbocycles. The molecule has 10 atom stereocenters. The van der Waals surface area contributed by atoms with E-state index in [9.17, 15) is 14.7 Å². The van der Waals surface area contributed by atoms with Crippen molar-refractivity contribution in [1.29, 1.82) is 0 Å². The number of hydrogen-bond donors (Lipinski definition) is 1. The smallest absolute Gasteiger partial charge is 0.315 e. The van der Waals surface area contributed by atoms with Gasteiger partial charge in [0.05, 0.1) is 17.6 Å². The summed E-state index contributed by atoms with van der Waals surface area (Å²) >= 11 is 0. The second-order valence-electron chi connectivity index (χ2n) is 18.9. The quantitative estimate of drug-likeness (QED) is 0.180. The summed E-state index contributed by atoms with van der Waals surface area (Å²) in [5.41, 5.74) is -1.38. The highest BCUT2D eigenvalue weighted by atomic mass is 16.5. The molecule has 8 rings (SSSR count). The molecule has 3 unspecified atom stereocenters. The van der Waals surface area contributed by atoms with Crippen molar-refractivity contribution < 1.29 is 19.4 Å². The Morgan fingerprint density at radius 3 is 2.40 bits per heavy atom. The highest BCUT2D eigenvalue weighted by Gasteiger charge is 2.86. The largest absolute Gasteiger partial charge is 0.481 e. The van der Waals surface area contributed by atoms with Crippen molar-refractivity contribution in [2.24, 2.45) is 63.6 Å². The van der Waals surface area contributed by atoms with Crippen LogP contribution in [0.2, 0.25) is 0 Å². The van der Waals surface area contributed by atoms with Crippen molar-refractivity contribution in [3.05, 3.63) is 11.6 Å². The Morgan fingerprint density at radius 1 is 0.958 bits per heavy atom. The SMILES string of the molecule is CC(C)C1=CC2CC3(C=O)[C@@H]4CC[C@@H](C)[C@H]4CC2([C@H]2C[C@@H](CC4CCCC4)[C@H](CN4CCC(CCN5CCCCC5)CC4)O2)[C@]13C(=O)O. The number of rotatable bonds is 11. The van der Waals surface area contributed by atoms with Gasteiger partial charge in [0.15, 0.2) is 0 Å². The van der Waals surface area contributed by atoms with Gasteiger partial charge in [0.1, 0.15) is 11.7 Å². The van der Waals surface area contributed by atoms with Gasteiger partial charge in [-0.1, -0.05) is 70.9 Å². The van der Waals surface area contributed by atoms with E-state index >= 15 is 0 Å². The van der Waals surface area contributed by atoms with E-state index in [4.69, 9.17) is 4.74 Å². The van der Waals surface area contributed by atoms with Crippen LogP contribution in [-0.2, 0) is 14.3 Å². The predicted molar refractivity (Wildman–Crippen MR) is 189 cm³/mol. The lowest BCUT2D eigenvalue weighted by Gasteiger charge is -2.60. The topological polar surface area (TPSA) is 70.1 Å². The standard InChI is InChI=1S/C42H66N2O4/c1-28(2)36-23-33-24-40(27-45)35-12-11-29(3)34(35)25-41(33,42(36,40)39(46)47)38-22-32(21-31-9-5-6-10-31)37(48-38)26-44-19-14-30(15-20-44)13-18-43-16-7-4-8-17-43/h23,27-35,37-38H,4-22,24-26H2,1-3H3,(H,46,47)/t29-,32-,33?,34-,35-,37+,38-,40?,41?,42+/m1/s1. The third-order valence-corrected chi connectivity index (χ3v) is 16.5. The number of aldehydes is 1. The molecule has 6 nitrogen and oxygen atoms in total. The molecule has 0 spiro atoms. The second-order valence-corrected chi connectivity index (χ2v) is 18.9. The van der Waals surface area contributed by atoms with E-state index < -0.39 is 22.2 Å². The molecule has 0 aromatic carbocycles. The van der Waals surface area contributed by atoms with Crippen molar-refractivity contribution in [3.8, 4) is 0 Å². The number of ether oxygens (including phenoxy) is 1. The van der Waals surface area contributed by atoms with Gasteiger partial charge in [0.25, 0.3) is 0 Å². The molecule has 5 aliphatic carbocycles. The number of fused-ring (bicyclic) bond motifs is 2. The first kappa shape index (κ1) is 33.9. The number of likely N-dealkylation sites (tertiary alicyclic amines) is 2. The van der Waals surface area contributed by atoms with Crippen LogP contribution in [0.3, 0.4) is 0 Å². The summed E-state index contributed by atoms with van der Waals surface area (Å²) in [7, 11) is 0. The van der Waals surface area contributed by atoms with E-state index in [1.165, 1.54) is 110 Å². The van der Waals surface area contributed by atoms with Crippen LogP contribution >= 0.6 is 0 Å². The van der Waals surface area contributed by atoms with Gasteiger partial charge < -0.3 is 24.4 Å². The van der Waals surface area contributed by atoms with Gasteiger partial charge in [-0.3, -0.25) is 4.79 Å². The first-order valence-electron chi connectivity index (χ1n) is 20.8. The number of aliphatic carboxylic acids is 1. The number of hydrogen-bond acceptors (Lipinski definition) is 5. The van der Waals surface area contributed by atoms with Gasteiger partial charge >= 0.3 is 5.97 Å². The summed E-state index contributed by atoms with van der Waals surface area (Å²) in [6, 6.07) is 0. The minimum absolute atomic E-state index is 0.0832. The summed E-state index contributed by atoms with van der Waals surface area (Å²) in [5, 5.41) is 11.6. The van der Waals surface area contributed by atoms with Crippen LogP contribution in [0, 0.1) is 63.6 Å². The second kappa shape index (κ2) is 13.1. The van der Waals surface area contributed by atoms with Crippen LogP contribution in [0.5, 0.6) is 0 Å². The zero-order valence-electron chi connectivity index (χ0n) is 30.6. The van der Waals surface area contributed by atoms with E-state index in [1.54, 1.807) is 0 Å². The Bertz CT molecular complexity index is 1230. The van der Waals surface area contributed by atoms with Crippen molar-refractivity contribution >= 4 is 12.3 Å². The van der Waals surface area contributed by atoms with Crippen molar-refractivity contribution in [1.82, 2.24) is 9.80 Å². The van der Waals surface area contributed by atoms with E-state index in [1.807, 2.05) is 0 Å². The van der Waals surface area contributed by atoms with E-state index in [0.29, 0.717) is 17.8 Å². The first-order chi connectivity index (χ1) is 23.2. The molecule has 0 radical (unpaired) electrons. The molecule has 3 heterocycles. The minimum Gasteiger partial charge on any atom is -0.481 e. The Morgan fingerprint density at radius 2 is 1.71 bits per heavy atom. The molecular formula is C42H66N2O4. The molecular weight excluding hydrogens is 596 g/mol. The highest BCUT2D eigenvalue weighted by molar-refractivity contribution is 5.90. The van der Waals surface area contributed by atoms with Crippen LogP contribution in [-0.4, -0.2) is 78.6 Å². The maximum Gasteiger partial charge on any atom is 0.315 e. The third kappa shape index (κ3) is 5.01. The van der Waals surface area contributed by atoms with Crippen LogP contribution in [0.25, 0.3) is 0 Å². The number of carbonyl (C=O) groups is 2. The normalized spacial score (nSPS) is 45.2. The Hall–Kier alpha value is -1.24. The lowest BCUT2D eigenvalue weighted by atomic mass is 9.41. The van der Waals surface area contributed by atoms with Crippen LogP contribution in [0.1, 0.15) is 124 Å². The van der Waals surface area contributed by atoms with E-state index in [-0.39, 0.29) is 30.0 Å². The Labute approximate surface area is 291 Å². The summed E-state index contributed by atoms with van der Waals surface area (Å²) in [5.74, 6) is 2.79. The first-order valence-corrected chi connectivity index (χ1v) is 20.8. The fourth-order valence-electron chi connectivity index (χ4n) is 14.4. The van der Waals surface area contributed by atoms with Gasteiger partial charge in [-0.15, -0.1) is 0 Å². The number of carboxylic acids is 1. The minimum atomic E-state index is -1.13. The Kier molecular flexibility index (Phi) is 9.22. The van der Waals surface area contributed by atoms with Gasteiger partial charge in [-0.2, -0.15) is 0 Å². The number of carboxylic acid groups (broad SMARTS) is 1. The molecule has 1 N–H and O–H groups in total. The average Bonchev–Trinajstić information content (AvgIpc) is 3.91. The fourth-order valence-corrected chi connectivity index (χ4v) is 14.4. The number of carbonyl (C=O) groups excluding carboxylic acids is 1. The number of nitrogens with zero attached hydrogens (tertiary/aromatic N) is 2. The van der Waals surface area contributed by atoms with Gasteiger partial charge in [0.2, 0.25) is 0 Å². The predicted octanol–water partition coefficient (Wildman–Crippen LogP) is 7.85. The molecule has 48 heavy (non-hydrogen) atoms. The lowest BCUT2D eigenvalue weighted by Crippen LogP contribution is -2.65. The van der Waals surface area contributed by atoms with Crippen molar-refractivity contribution in [2.75, 3.05) is 39.3 Å². The Balaban J connectivity index is 1.06. The van der Waals surface area contributed by atoms with Crippen molar-refractivity contribution in [2.45, 2.75) is 136 Å². The molecule has 0 aromatic heterocycles. The number of allylic oxidation sites excluding steroid dienone is 1. The fraction of sp³-hybridized carbons (Fsp3) is 0.905. The summed E-state index contributed by atoms with van der Waals surface area (Å²) in [4.78, 5) is 33.3. The summed E-state index contributed by atoms with van der Waals surface area (Å²) < 4.78 is 7.50. The molecule has 8 aliphatic rings. The maximum atomic E-state index is 14.2. The number of piperidine rings is 2. The molecule has 3 saturated heterocycles. The summed E-state index contributed by atoms with van der Waals surface area (Å²) in [6.45, 7) is 14.0. The molecule has 3 aliphatic heterocycles. The van der Waals surface area contributed by atoms with E-state index in [0.717, 1.165) is 56.1 Å². The average molecular weight is 663 g/mol. The summed E-state index contributed by atoms with van der Waals surface area (Å²) in [6.07, 6.45) is 23.2. The molecule has 7 fully saturated rings. The van der Waals surface area contributed by atoms with Crippen LogP contribution in [0.4, 0.5) is 0 Å². The zero-order valence-corrected chi connectivity index (χ0v) is 30.6. The monoisotopic (exact) mass is 663 g/mol. The molecule has 6 heteroatoms. The third-order valence-electron chi connectivity index (χ3n) is 16.5. The molecule has 4 bridgehead atoms. The highest BCUT2D eigenvalue weighted by Crippen LogP contribution is 2.84. The molecule has 0 aromatic rings. The zero-order chi connectivity index (χ0) is 33.3. The van der Waals surface area contributed by atoms with Gasteiger partial charge in [-0.05, 0) is 144 Å². The van der Waals surface area contributed by atoms with Crippen LogP contribution < -0.4 is 0 Å². The van der Waals surface area contributed by atoms with Crippen molar-refractivity contribution in [3.63, 3.8) is 0 Å². The van der Waals surface area contributed by atoms with E-state index in [2.05, 4.69) is 36.6 Å². The van der Waals surface area contributed by atoms with Crippen LogP contribution in [0.15, 0.2) is 11.6 Å². The van der Waals surface area contributed by atoms with Gasteiger partial charge in [-0.25, -0.2) is 0 Å².